The van der Waals surface area contributed by atoms with E-state index in [9.17, 15) is 14.4 Å². The highest BCUT2D eigenvalue weighted by molar-refractivity contribution is 6.05. The number of hydrogen-bond acceptors (Lipinski definition) is 5. The van der Waals surface area contributed by atoms with Crippen LogP contribution in [0.5, 0.6) is 0 Å². The van der Waals surface area contributed by atoms with Crippen LogP contribution in [0.15, 0.2) is 30.5 Å². The molecule has 1 aromatic heterocycles. The molecule has 1 unspecified atom stereocenters. The third-order valence-corrected chi connectivity index (χ3v) is 7.35. The molecule has 5 rings (SSSR count). The normalized spacial score (nSPS) is 21.6. The number of nitrogens with zero attached hydrogens (tertiary/aromatic N) is 4. The molecule has 0 saturated carbocycles. The van der Waals surface area contributed by atoms with Gasteiger partial charge in [-0.2, -0.15) is 0 Å². The van der Waals surface area contributed by atoms with Crippen LogP contribution in [0.1, 0.15) is 53.2 Å². The van der Waals surface area contributed by atoms with Crippen molar-refractivity contribution in [3.63, 3.8) is 0 Å². The maximum absolute atomic E-state index is 13.7. The van der Waals surface area contributed by atoms with Gasteiger partial charge in [0.15, 0.2) is 0 Å². The summed E-state index contributed by atoms with van der Waals surface area (Å²) < 4.78 is 0. The van der Waals surface area contributed by atoms with Gasteiger partial charge in [-0.25, -0.2) is 9.78 Å². The van der Waals surface area contributed by atoms with E-state index < -0.39 is 0 Å². The molecule has 2 N–H and O–H groups in total. The Morgan fingerprint density at radius 2 is 1.81 bits per heavy atom. The number of pyridine rings is 1. The number of benzene rings is 1. The molecule has 36 heavy (non-hydrogen) atoms. The average molecular weight is 491 g/mol. The molecule has 3 fully saturated rings. The molecule has 9 nitrogen and oxygen atoms in total. The first-order valence-electron chi connectivity index (χ1n) is 12.6. The first-order chi connectivity index (χ1) is 17.1. The minimum Gasteiger partial charge on any atom is -0.353 e. The third-order valence-electron chi connectivity index (χ3n) is 7.35. The Morgan fingerprint density at radius 1 is 1.06 bits per heavy atom. The van der Waals surface area contributed by atoms with Gasteiger partial charge in [0.05, 0.1) is 17.2 Å². The summed E-state index contributed by atoms with van der Waals surface area (Å²) in [7, 11) is 0. The highest BCUT2D eigenvalue weighted by Gasteiger charge is 2.39. The Kier molecular flexibility index (Phi) is 6.10. The Hall–Kier alpha value is -3.62. The lowest BCUT2D eigenvalue weighted by Gasteiger charge is -2.36. The molecule has 0 radical (unpaired) electrons. The molecule has 9 heteroatoms. The van der Waals surface area contributed by atoms with Crippen molar-refractivity contribution >= 4 is 29.4 Å². The smallest absolute Gasteiger partial charge is 0.322 e. The van der Waals surface area contributed by atoms with E-state index in [1.165, 1.54) is 0 Å². The maximum atomic E-state index is 13.7. The van der Waals surface area contributed by atoms with Crippen LogP contribution in [-0.2, 0) is 4.79 Å². The lowest BCUT2D eigenvalue weighted by atomic mass is 9.90. The van der Waals surface area contributed by atoms with Crippen LogP contribution in [0, 0.1) is 13.8 Å². The van der Waals surface area contributed by atoms with E-state index in [0.29, 0.717) is 56.9 Å². The SMILES string of the molecule is Cc1cnc(N2CCN(C(=O)c3ccc(C4CC(C)(C)NC4=O)cc3N3CCNC3=O)CC2)c(C)c1. The first kappa shape index (κ1) is 24.1. The predicted octanol–water partition coefficient (Wildman–Crippen LogP) is 2.57. The minimum absolute atomic E-state index is 0.0213. The molecule has 0 spiro atoms. The standard InChI is InChI=1S/C27H34N6O3/c1-17-13-18(2)23(29-16-17)31-9-11-32(12-10-31)25(35)20-6-5-19(21-15-27(3,4)30-24(21)34)14-22(20)33-8-7-28-26(33)36/h5-6,13-14,16,21H,7-12,15H2,1-4H3,(H,28,36)(H,30,34). The quantitative estimate of drug-likeness (QED) is 0.687. The Bertz CT molecular complexity index is 1220. The molecule has 1 atom stereocenters. The number of urea groups is 1. The zero-order valence-electron chi connectivity index (χ0n) is 21.4. The second-order valence-electron chi connectivity index (χ2n) is 10.7. The number of piperazine rings is 1. The number of amides is 4. The summed E-state index contributed by atoms with van der Waals surface area (Å²) in [6.07, 6.45) is 2.54. The van der Waals surface area contributed by atoms with E-state index >= 15 is 0 Å². The molecule has 2 aromatic rings. The minimum atomic E-state index is -0.303. The third kappa shape index (κ3) is 4.50. The van der Waals surface area contributed by atoms with Gasteiger partial charge in [-0.3, -0.25) is 14.5 Å². The Labute approximate surface area is 211 Å². The molecule has 1 aromatic carbocycles. The summed E-state index contributed by atoms with van der Waals surface area (Å²) in [6.45, 7) is 11.6. The lowest BCUT2D eigenvalue weighted by Crippen LogP contribution is -2.49. The van der Waals surface area contributed by atoms with Crippen molar-refractivity contribution < 1.29 is 14.4 Å². The first-order valence-corrected chi connectivity index (χ1v) is 12.6. The van der Waals surface area contributed by atoms with E-state index in [-0.39, 0.29) is 29.3 Å². The van der Waals surface area contributed by atoms with Crippen LogP contribution >= 0.6 is 0 Å². The van der Waals surface area contributed by atoms with Crippen molar-refractivity contribution in [3.8, 4) is 0 Å². The summed E-state index contributed by atoms with van der Waals surface area (Å²) in [5.41, 5.74) is 3.87. The summed E-state index contributed by atoms with van der Waals surface area (Å²) >= 11 is 0. The van der Waals surface area contributed by atoms with E-state index in [0.717, 1.165) is 22.5 Å². The van der Waals surface area contributed by atoms with E-state index in [1.807, 2.05) is 44.0 Å². The molecule has 4 amide bonds. The van der Waals surface area contributed by atoms with Gasteiger partial charge >= 0.3 is 6.03 Å². The predicted molar refractivity (Wildman–Crippen MR) is 139 cm³/mol. The number of anilines is 2. The molecule has 3 aliphatic rings. The largest absolute Gasteiger partial charge is 0.353 e. The second kappa shape index (κ2) is 9.11. The van der Waals surface area contributed by atoms with Crippen molar-refractivity contribution in [2.24, 2.45) is 0 Å². The summed E-state index contributed by atoms with van der Waals surface area (Å²) in [6, 6.07) is 7.42. The summed E-state index contributed by atoms with van der Waals surface area (Å²) in [5.74, 6) is 0.541. The van der Waals surface area contributed by atoms with Gasteiger partial charge in [0, 0.05) is 51.0 Å². The number of rotatable bonds is 4. The van der Waals surface area contributed by atoms with Crippen molar-refractivity contribution in [3.05, 3.63) is 52.7 Å². The van der Waals surface area contributed by atoms with Crippen LogP contribution in [-0.4, -0.2) is 72.5 Å². The van der Waals surface area contributed by atoms with Gasteiger partial charge in [0.1, 0.15) is 5.82 Å². The molecule has 0 bridgehead atoms. The van der Waals surface area contributed by atoms with Gasteiger partial charge in [0.2, 0.25) is 5.91 Å². The molecule has 0 aliphatic carbocycles. The maximum Gasteiger partial charge on any atom is 0.322 e. The van der Waals surface area contributed by atoms with Crippen molar-refractivity contribution in [1.29, 1.82) is 0 Å². The fourth-order valence-corrected chi connectivity index (χ4v) is 5.55. The second-order valence-corrected chi connectivity index (χ2v) is 10.7. The lowest BCUT2D eigenvalue weighted by molar-refractivity contribution is -0.120. The van der Waals surface area contributed by atoms with E-state index in [2.05, 4.69) is 33.5 Å². The fourth-order valence-electron chi connectivity index (χ4n) is 5.55. The number of hydrogen-bond donors (Lipinski definition) is 2. The fraction of sp³-hybridized carbons (Fsp3) is 0.481. The topological polar surface area (TPSA) is 97.9 Å². The van der Waals surface area contributed by atoms with Crippen LogP contribution < -0.4 is 20.4 Å². The molecular formula is C27H34N6O3. The average Bonchev–Trinajstić information content (AvgIpc) is 3.39. The van der Waals surface area contributed by atoms with Crippen molar-refractivity contribution in [2.45, 2.75) is 45.6 Å². The molecular weight excluding hydrogens is 456 g/mol. The summed E-state index contributed by atoms with van der Waals surface area (Å²) in [4.78, 5) is 49.2. The van der Waals surface area contributed by atoms with Gasteiger partial charge < -0.3 is 20.4 Å². The monoisotopic (exact) mass is 490 g/mol. The molecule has 3 saturated heterocycles. The number of aryl methyl sites for hydroxylation is 2. The van der Waals surface area contributed by atoms with Crippen LogP contribution in [0.3, 0.4) is 0 Å². The Balaban J connectivity index is 1.39. The molecule has 3 aliphatic heterocycles. The van der Waals surface area contributed by atoms with E-state index in [4.69, 9.17) is 0 Å². The van der Waals surface area contributed by atoms with E-state index in [1.54, 1.807) is 11.0 Å². The van der Waals surface area contributed by atoms with Gasteiger partial charge in [0.25, 0.3) is 5.91 Å². The Morgan fingerprint density at radius 3 is 2.42 bits per heavy atom. The van der Waals surface area contributed by atoms with Gasteiger partial charge in [-0.15, -0.1) is 0 Å². The highest BCUT2D eigenvalue weighted by Crippen LogP contribution is 2.36. The van der Waals surface area contributed by atoms with Crippen molar-refractivity contribution in [2.75, 3.05) is 49.1 Å². The molecule has 4 heterocycles. The zero-order valence-corrected chi connectivity index (χ0v) is 21.4. The van der Waals surface area contributed by atoms with Gasteiger partial charge in [-0.1, -0.05) is 12.1 Å². The van der Waals surface area contributed by atoms with Crippen LogP contribution in [0.25, 0.3) is 0 Å². The van der Waals surface area contributed by atoms with Gasteiger partial charge in [-0.05, 0) is 62.9 Å². The van der Waals surface area contributed by atoms with Crippen molar-refractivity contribution in [1.82, 2.24) is 20.5 Å². The number of aromatic nitrogens is 1. The number of carbonyl (C=O) groups excluding carboxylic acids is 3. The van der Waals surface area contributed by atoms with Crippen LogP contribution in [0.4, 0.5) is 16.3 Å². The number of carbonyl (C=O) groups is 3. The summed E-state index contributed by atoms with van der Waals surface area (Å²) in [5, 5.41) is 5.86. The van der Waals surface area contributed by atoms with Crippen LogP contribution in [0.2, 0.25) is 0 Å². The zero-order chi connectivity index (χ0) is 25.6. The molecule has 190 valence electrons. The number of nitrogens with one attached hydrogen (secondary N) is 2. The highest BCUT2D eigenvalue weighted by atomic mass is 16.2.